The van der Waals surface area contributed by atoms with Crippen LogP contribution in [-0.2, 0) is 16.1 Å². The van der Waals surface area contributed by atoms with Crippen molar-refractivity contribution in [3.8, 4) is 5.75 Å². The van der Waals surface area contributed by atoms with Gasteiger partial charge in [-0.2, -0.15) is 0 Å². The highest BCUT2D eigenvalue weighted by Crippen LogP contribution is 2.35. The fourth-order valence-electron chi connectivity index (χ4n) is 2.65. The van der Waals surface area contributed by atoms with E-state index in [1.54, 1.807) is 56.0 Å². The molecule has 1 N–H and O–H groups in total. The Labute approximate surface area is 156 Å². The highest BCUT2D eigenvalue weighted by atomic mass is 19.1. The molecule has 27 heavy (non-hydrogen) atoms. The van der Waals surface area contributed by atoms with E-state index in [9.17, 15) is 14.0 Å². The fourth-order valence-corrected chi connectivity index (χ4v) is 2.65. The summed E-state index contributed by atoms with van der Waals surface area (Å²) in [5.41, 5.74) is 1.17. The minimum absolute atomic E-state index is 0.0764. The van der Waals surface area contributed by atoms with Gasteiger partial charge in [0.15, 0.2) is 6.61 Å². The van der Waals surface area contributed by atoms with E-state index in [0.717, 1.165) is 5.56 Å². The van der Waals surface area contributed by atoms with Crippen molar-refractivity contribution in [1.82, 2.24) is 0 Å². The van der Waals surface area contributed by atoms with Gasteiger partial charge in [0.1, 0.15) is 17.2 Å². The highest BCUT2D eigenvalue weighted by Gasteiger charge is 2.26. The molecule has 1 heterocycles. The van der Waals surface area contributed by atoms with E-state index in [2.05, 4.69) is 5.32 Å². The Morgan fingerprint density at radius 2 is 1.93 bits per heavy atom. The topological polar surface area (TPSA) is 67.9 Å². The monoisotopic (exact) mass is 372 g/mol. The third-order valence-corrected chi connectivity index (χ3v) is 3.80. The molecule has 2 aromatic rings. The van der Waals surface area contributed by atoms with Gasteiger partial charge < -0.3 is 14.4 Å². The first kappa shape index (κ1) is 18.7. The second-order valence-corrected chi connectivity index (χ2v) is 7.20. The van der Waals surface area contributed by atoms with Gasteiger partial charge in [0, 0.05) is 5.69 Å². The number of ether oxygens (including phenoxy) is 2. The number of halogens is 1. The first-order valence-electron chi connectivity index (χ1n) is 8.53. The van der Waals surface area contributed by atoms with Gasteiger partial charge in [-0.25, -0.2) is 9.18 Å². The number of nitrogens with zero attached hydrogens (tertiary/aromatic N) is 1. The molecule has 0 fully saturated rings. The van der Waals surface area contributed by atoms with Crippen molar-refractivity contribution < 1.29 is 23.5 Å². The van der Waals surface area contributed by atoms with E-state index in [1.807, 2.05) is 0 Å². The highest BCUT2D eigenvalue weighted by molar-refractivity contribution is 5.99. The van der Waals surface area contributed by atoms with Crippen LogP contribution in [0.3, 0.4) is 0 Å². The van der Waals surface area contributed by atoms with Gasteiger partial charge >= 0.3 is 6.09 Å². The molecule has 1 aliphatic rings. The van der Waals surface area contributed by atoms with Gasteiger partial charge in [0.05, 0.1) is 12.2 Å². The van der Waals surface area contributed by atoms with Gasteiger partial charge in [0.2, 0.25) is 0 Å². The number of benzene rings is 2. The van der Waals surface area contributed by atoms with Crippen LogP contribution in [0.1, 0.15) is 26.3 Å². The molecule has 0 aromatic heterocycles. The average molecular weight is 372 g/mol. The Morgan fingerprint density at radius 1 is 1.22 bits per heavy atom. The maximum atomic E-state index is 13.1. The molecule has 1 aliphatic heterocycles. The smallest absolute Gasteiger partial charge is 0.412 e. The number of hydrogen-bond donors (Lipinski definition) is 1. The zero-order valence-electron chi connectivity index (χ0n) is 15.4. The summed E-state index contributed by atoms with van der Waals surface area (Å²) in [7, 11) is 0. The second kappa shape index (κ2) is 7.26. The van der Waals surface area contributed by atoms with Crippen LogP contribution in [0.25, 0.3) is 0 Å². The van der Waals surface area contributed by atoms with Crippen molar-refractivity contribution >= 4 is 23.4 Å². The Balaban J connectivity index is 1.83. The van der Waals surface area contributed by atoms with Crippen molar-refractivity contribution in [3.63, 3.8) is 0 Å². The molecule has 0 radical (unpaired) electrons. The molecule has 3 rings (SSSR count). The molecule has 0 aliphatic carbocycles. The van der Waals surface area contributed by atoms with Crippen LogP contribution in [0, 0.1) is 5.82 Å². The number of fused-ring (bicyclic) bond motifs is 1. The third-order valence-electron chi connectivity index (χ3n) is 3.80. The summed E-state index contributed by atoms with van der Waals surface area (Å²) in [6, 6.07) is 11.0. The quantitative estimate of drug-likeness (QED) is 0.881. The Bertz CT molecular complexity index is 859. The van der Waals surface area contributed by atoms with E-state index in [-0.39, 0.29) is 24.9 Å². The van der Waals surface area contributed by atoms with Gasteiger partial charge in [-0.15, -0.1) is 0 Å². The van der Waals surface area contributed by atoms with E-state index in [1.165, 1.54) is 12.1 Å². The Kier molecular flexibility index (Phi) is 5.03. The molecule has 0 saturated carbocycles. The zero-order chi connectivity index (χ0) is 19.6. The maximum absolute atomic E-state index is 13.1. The average Bonchev–Trinajstić information content (AvgIpc) is 2.57. The van der Waals surface area contributed by atoms with E-state index in [0.29, 0.717) is 17.1 Å². The van der Waals surface area contributed by atoms with Crippen molar-refractivity contribution in [2.45, 2.75) is 32.9 Å². The van der Waals surface area contributed by atoms with E-state index >= 15 is 0 Å². The third kappa shape index (κ3) is 4.75. The molecular formula is C20H21FN2O4. The predicted molar refractivity (Wildman–Crippen MR) is 99.4 cm³/mol. The van der Waals surface area contributed by atoms with E-state index < -0.39 is 11.7 Å². The molecule has 0 saturated heterocycles. The molecule has 0 spiro atoms. The number of hydrogen-bond acceptors (Lipinski definition) is 4. The number of carbonyl (C=O) groups excluding carboxylic acids is 2. The molecule has 0 bridgehead atoms. The molecule has 7 heteroatoms. The first-order valence-corrected chi connectivity index (χ1v) is 8.53. The van der Waals surface area contributed by atoms with Crippen molar-refractivity contribution in [3.05, 3.63) is 53.8 Å². The SMILES string of the molecule is CC(C)(C)OC(=O)Nc1ccc2c(c1)N(Cc1ccc(F)cc1)C(=O)CO2. The molecule has 0 atom stereocenters. The minimum Gasteiger partial charge on any atom is -0.482 e. The molecule has 2 amide bonds. The van der Waals surface area contributed by atoms with Crippen LogP contribution in [0.15, 0.2) is 42.5 Å². The van der Waals surface area contributed by atoms with Crippen LogP contribution in [0.2, 0.25) is 0 Å². The molecule has 6 nitrogen and oxygen atoms in total. The number of carbonyl (C=O) groups is 2. The first-order chi connectivity index (χ1) is 12.7. The normalized spacial score (nSPS) is 13.6. The lowest BCUT2D eigenvalue weighted by atomic mass is 10.1. The predicted octanol–water partition coefficient (Wildman–Crippen LogP) is 4.10. The molecule has 0 unspecified atom stereocenters. The largest absolute Gasteiger partial charge is 0.482 e. The van der Waals surface area contributed by atoms with Crippen molar-refractivity contribution in [2.24, 2.45) is 0 Å². The van der Waals surface area contributed by atoms with Crippen molar-refractivity contribution in [2.75, 3.05) is 16.8 Å². The summed E-state index contributed by atoms with van der Waals surface area (Å²) in [5, 5.41) is 2.65. The lowest BCUT2D eigenvalue weighted by Crippen LogP contribution is -2.38. The Hall–Kier alpha value is -3.09. The van der Waals surface area contributed by atoms with Gasteiger partial charge in [-0.05, 0) is 56.7 Å². The van der Waals surface area contributed by atoms with Crippen molar-refractivity contribution in [1.29, 1.82) is 0 Å². The number of nitrogens with one attached hydrogen (secondary N) is 1. The fraction of sp³-hybridized carbons (Fsp3) is 0.300. The van der Waals surface area contributed by atoms with Crippen LogP contribution >= 0.6 is 0 Å². The van der Waals surface area contributed by atoms with E-state index in [4.69, 9.17) is 9.47 Å². The van der Waals surface area contributed by atoms with Crippen LogP contribution in [0.4, 0.5) is 20.6 Å². The summed E-state index contributed by atoms with van der Waals surface area (Å²) in [6.07, 6.45) is -0.587. The van der Waals surface area contributed by atoms with Crippen LogP contribution < -0.4 is 15.0 Å². The molecular weight excluding hydrogens is 351 g/mol. The van der Waals surface area contributed by atoms with Crippen LogP contribution in [0.5, 0.6) is 5.75 Å². The number of anilines is 2. The number of rotatable bonds is 3. The summed E-state index contributed by atoms with van der Waals surface area (Å²) >= 11 is 0. The van der Waals surface area contributed by atoms with Gasteiger partial charge in [0.25, 0.3) is 5.91 Å². The number of amides is 2. The van der Waals surface area contributed by atoms with Gasteiger partial charge in [-0.1, -0.05) is 12.1 Å². The summed E-state index contributed by atoms with van der Waals surface area (Å²) in [4.78, 5) is 25.9. The standard InChI is InChI=1S/C20H21FN2O4/c1-20(2,3)27-19(25)22-15-8-9-17-16(10-15)23(18(24)12-26-17)11-13-4-6-14(21)7-5-13/h4-10H,11-12H2,1-3H3,(H,22,25). The second-order valence-electron chi connectivity index (χ2n) is 7.20. The van der Waals surface area contributed by atoms with Crippen LogP contribution in [-0.4, -0.2) is 24.2 Å². The zero-order valence-corrected chi connectivity index (χ0v) is 15.4. The summed E-state index contributed by atoms with van der Waals surface area (Å²) < 4.78 is 23.8. The molecule has 142 valence electrons. The summed E-state index contributed by atoms with van der Waals surface area (Å²) in [6.45, 7) is 5.52. The lowest BCUT2D eigenvalue weighted by molar-refractivity contribution is -0.121. The summed E-state index contributed by atoms with van der Waals surface area (Å²) in [5.74, 6) is -0.0241. The maximum Gasteiger partial charge on any atom is 0.412 e. The van der Waals surface area contributed by atoms with Gasteiger partial charge in [-0.3, -0.25) is 10.1 Å². The lowest BCUT2D eigenvalue weighted by Gasteiger charge is -2.30. The minimum atomic E-state index is -0.619. The Morgan fingerprint density at radius 3 is 2.59 bits per heavy atom. The molecule has 2 aromatic carbocycles.